The van der Waals surface area contributed by atoms with Crippen molar-refractivity contribution in [3.8, 4) is 0 Å². The molecule has 0 heterocycles. The molecular formula is C28H42O. The van der Waals surface area contributed by atoms with Gasteiger partial charge in [0.1, 0.15) is 0 Å². The van der Waals surface area contributed by atoms with Crippen LogP contribution < -0.4 is 0 Å². The Labute approximate surface area is 179 Å². The number of rotatable bonds is 7. The molecule has 2 fully saturated rings. The molecule has 160 valence electrons. The first kappa shape index (κ1) is 21.2. The number of ether oxygens (including phenoxy) is 1. The summed E-state index contributed by atoms with van der Waals surface area (Å²) in [5.74, 6) is 3.83. The van der Waals surface area contributed by atoms with E-state index in [1.165, 1.54) is 77.0 Å². The Morgan fingerprint density at radius 2 is 1.72 bits per heavy atom. The second kappa shape index (κ2) is 10.3. The highest BCUT2D eigenvalue weighted by Crippen LogP contribution is 2.47. The Morgan fingerprint density at radius 3 is 2.55 bits per heavy atom. The minimum Gasteiger partial charge on any atom is -0.374 e. The number of hydrogen-bond donors (Lipinski definition) is 0. The fourth-order valence-electron chi connectivity index (χ4n) is 6.53. The van der Waals surface area contributed by atoms with Crippen LogP contribution in [0.15, 0.2) is 30.4 Å². The molecule has 1 aromatic carbocycles. The van der Waals surface area contributed by atoms with Crippen LogP contribution >= 0.6 is 0 Å². The Hall–Kier alpha value is -1.08. The van der Waals surface area contributed by atoms with E-state index in [2.05, 4.69) is 44.2 Å². The topological polar surface area (TPSA) is 9.23 Å². The maximum absolute atomic E-state index is 6.10. The molecule has 29 heavy (non-hydrogen) atoms. The van der Waals surface area contributed by atoms with Crippen molar-refractivity contribution in [3.63, 3.8) is 0 Å². The fourth-order valence-corrected chi connectivity index (χ4v) is 6.53. The summed E-state index contributed by atoms with van der Waals surface area (Å²) in [5, 5.41) is 0. The van der Waals surface area contributed by atoms with E-state index < -0.39 is 0 Å². The summed E-state index contributed by atoms with van der Waals surface area (Å²) in [6.07, 6.45) is 21.2. The Kier molecular flexibility index (Phi) is 7.51. The molecule has 3 unspecified atom stereocenters. The van der Waals surface area contributed by atoms with E-state index in [0.717, 1.165) is 30.3 Å². The summed E-state index contributed by atoms with van der Waals surface area (Å²) < 4.78 is 6.10. The third-order valence-electron chi connectivity index (χ3n) is 8.29. The molecule has 0 bridgehead atoms. The predicted octanol–water partition coefficient (Wildman–Crippen LogP) is 7.31. The summed E-state index contributed by atoms with van der Waals surface area (Å²) in [5.41, 5.74) is 4.91. The molecule has 0 spiro atoms. The van der Waals surface area contributed by atoms with Gasteiger partial charge in [-0.05, 0) is 118 Å². The molecule has 3 aliphatic carbocycles. The zero-order valence-electron chi connectivity index (χ0n) is 18.9. The second-order valence-corrected chi connectivity index (χ2v) is 10.1. The lowest BCUT2D eigenvalue weighted by Crippen LogP contribution is -2.37. The Bertz CT molecular complexity index is 675. The minimum absolute atomic E-state index is 0.521. The first-order valence-electron chi connectivity index (χ1n) is 12.6. The maximum atomic E-state index is 6.10. The van der Waals surface area contributed by atoms with Crippen LogP contribution in [0.4, 0.5) is 0 Å². The third kappa shape index (κ3) is 5.35. The van der Waals surface area contributed by atoms with Crippen LogP contribution in [0, 0.1) is 23.7 Å². The molecule has 0 saturated heterocycles. The molecule has 0 aromatic heterocycles. The van der Waals surface area contributed by atoms with Crippen molar-refractivity contribution in [2.75, 3.05) is 6.61 Å². The predicted molar refractivity (Wildman–Crippen MR) is 123 cm³/mol. The molecule has 1 heteroatoms. The van der Waals surface area contributed by atoms with Gasteiger partial charge in [-0.3, -0.25) is 0 Å². The summed E-state index contributed by atoms with van der Waals surface area (Å²) in [4.78, 5) is 0. The van der Waals surface area contributed by atoms with Gasteiger partial charge in [-0.1, -0.05) is 43.7 Å². The first-order chi connectivity index (χ1) is 14.3. The number of aryl methyl sites for hydroxylation is 2. The number of fused-ring (bicyclic) bond motifs is 2. The lowest BCUT2D eigenvalue weighted by atomic mass is 9.62. The average Bonchev–Trinajstić information content (AvgIpc) is 2.77. The van der Waals surface area contributed by atoms with Crippen LogP contribution in [0.25, 0.3) is 0 Å². The first-order valence-corrected chi connectivity index (χ1v) is 12.6. The van der Waals surface area contributed by atoms with Crippen molar-refractivity contribution < 1.29 is 4.74 Å². The van der Waals surface area contributed by atoms with E-state index in [1.807, 2.05) is 0 Å². The number of allylic oxidation sites excluding steroid dienone is 1. The van der Waals surface area contributed by atoms with Gasteiger partial charge in [-0.15, -0.1) is 0 Å². The maximum Gasteiger partial charge on any atom is 0.0651 e. The van der Waals surface area contributed by atoms with Crippen molar-refractivity contribution in [1.82, 2.24) is 0 Å². The highest BCUT2D eigenvalue weighted by atomic mass is 16.5. The molecule has 0 radical (unpaired) electrons. The SMILES string of the molecule is C/C=C/CO[C@@H]1CC[C@@H]2CC(C3CCc4cc(CCCC)ccc4C3)CCC2C1. The van der Waals surface area contributed by atoms with Gasteiger partial charge in [-0.2, -0.15) is 0 Å². The van der Waals surface area contributed by atoms with Gasteiger partial charge in [0, 0.05) is 0 Å². The lowest BCUT2D eigenvalue weighted by molar-refractivity contribution is -0.0138. The van der Waals surface area contributed by atoms with Gasteiger partial charge < -0.3 is 4.74 Å². The van der Waals surface area contributed by atoms with E-state index in [9.17, 15) is 0 Å². The van der Waals surface area contributed by atoms with Gasteiger partial charge >= 0.3 is 0 Å². The van der Waals surface area contributed by atoms with E-state index in [4.69, 9.17) is 4.74 Å². The van der Waals surface area contributed by atoms with Crippen molar-refractivity contribution in [1.29, 1.82) is 0 Å². The fraction of sp³-hybridized carbons (Fsp3) is 0.714. The molecule has 1 nitrogen and oxygen atoms in total. The number of benzene rings is 1. The second-order valence-electron chi connectivity index (χ2n) is 10.1. The third-order valence-corrected chi connectivity index (χ3v) is 8.29. The summed E-state index contributed by atoms with van der Waals surface area (Å²) in [7, 11) is 0. The molecule has 0 N–H and O–H groups in total. The van der Waals surface area contributed by atoms with Crippen LogP contribution in [0.1, 0.15) is 88.3 Å². The normalized spacial score (nSPS) is 32.1. The molecule has 0 amide bonds. The van der Waals surface area contributed by atoms with E-state index in [1.54, 1.807) is 16.7 Å². The highest BCUT2D eigenvalue weighted by Gasteiger charge is 2.38. The molecule has 5 atom stereocenters. The molecule has 3 aliphatic rings. The van der Waals surface area contributed by atoms with Gasteiger partial charge in [0.05, 0.1) is 12.7 Å². The zero-order chi connectivity index (χ0) is 20.1. The monoisotopic (exact) mass is 394 g/mol. The standard InChI is InChI=1S/C28H42O/c1-3-5-7-21-8-9-23-18-24(11-10-22(23)17-21)25-12-13-27-20-28(29-16-6-4-2)15-14-26(27)19-25/h4,6,8-9,17,24-28H,3,5,7,10-16,18-20H2,1-2H3/b6-4+/t24?,25?,26-,27?,28-/m1/s1. The van der Waals surface area contributed by atoms with Crippen LogP contribution in [-0.4, -0.2) is 12.7 Å². The van der Waals surface area contributed by atoms with Crippen molar-refractivity contribution in [2.45, 2.75) is 97.0 Å². The van der Waals surface area contributed by atoms with E-state index in [-0.39, 0.29) is 0 Å². The van der Waals surface area contributed by atoms with Crippen LogP contribution in [-0.2, 0) is 24.0 Å². The number of unbranched alkanes of at least 4 members (excludes halogenated alkanes) is 1. The Morgan fingerprint density at radius 1 is 0.931 bits per heavy atom. The van der Waals surface area contributed by atoms with Crippen LogP contribution in [0.2, 0.25) is 0 Å². The summed E-state index contributed by atoms with van der Waals surface area (Å²) >= 11 is 0. The van der Waals surface area contributed by atoms with Crippen LogP contribution in [0.5, 0.6) is 0 Å². The quantitative estimate of drug-likeness (QED) is 0.440. The average molecular weight is 395 g/mol. The van der Waals surface area contributed by atoms with Gasteiger partial charge in [-0.25, -0.2) is 0 Å². The van der Waals surface area contributed by atoms with E-state index >= 15 is 0 Å². The highest BCUT2D eigenvalue weighted by molar-refractivity contribution is 5.34. The van der Waals surface area contributed by atoms with E-state index in [0.29, 0.717) is 6.10 Å². The zero-order valence-corrected chi connectivity index (χ0v) is 18.9. The molecular weight excluding hydrogens is 352 g/mol. The molecule has 1 aromatic rings. The van der Waals surface area contributed by atoms with Crippen molar-refractivity contribution in [3.05, 3.63) is 47.0 Å². The summed E-state index contributed by atoms with van der Waals surface area (Å²) in [6.45, 7) is 5.18. The van der Waals surface area contributed by atoms with Crippen LogP contribution in [0.3, 0.4) is 0 Å². The smallest absolute Gasteiger partial charge is 0.0651 e. The largest absolute Gasteiger partial charge is 0.374 e. The van der Waals surface area contributed by atoms with Gasteiger partial charge in [0.25, 0.3) is 0 Å². The molecule has 0 aliphatic heterocycles. The minimum atomic E-state index is 0.521. The Balaban J connectivity index is 1.29. The van der Waals surface area contributed by atoms with Crippen molar-refractivity contribution in [2.24, 2.45) is 23.7 Å². The van der Waals surface area contributed by atoms with Crippen molar-refractivity contribution >= 4 is 0 Å². The van der Waals surface area contributed by atoms with Gasteiger partial charge in [0.2, 0.25) is 0 Å². The molecule has 2 saturated carbocycles. The lowest BCUT2D eigenvalue weighted by Gasteiger charge is -2.45. The molecule has 4 rings (SSSR count). The number of hydrogen-bond acceptors (Lipinski definition) is 1. The van der Waals surface area contributed by atoms with Gasteiger partial charge in [0.15, 0.2) is 0 Å². The summed E-state index contributed by atoms with van der Waals surface area (Å²) in [6, 6.07) is 7.43.